The number of hydrogen-bond acceptors (Lipinski definition) is 6. The Morgan fingerprint density at radius 2 is 2.07 bits per heavy atom. The topological polar surface area (TPSA) is 84.2 Å². The number of rotatable bonds is 7. The minimum atomic E-state index is 0.260. The average Bonchev–Trinajstić information content (AvgIpc) is 3.34. The van der Waals surface area contributed by atoms with Crippen molar-refractivity contribution in [3.63, 3.8) is 0 Å². The molecule has 0 atom stereocenters. The second kappa shape index (κ2) is 8.21. The van der Waals surface area contributed by atoms with E-state index in [4.69, 9.17) is 9.40 Å². The van der Waals surface area contributed by atoms with Gasteiger partial charge in [0.15, 0.2) is 0 Å². The number of amides is 1. The Bertz CT molecular complexity index is 954. The lowest BCUT2D eigenvalue weighted by atomic mass is 10.0. The summed E-state index contributed by atoms with van der Waals surface area (Å²) in [7, 11) is 0. The number of pyridine rings is 1. The zero-order valence-corrected chi connectivity index (χ0v) is 15.9. The van der Waals surface area contributed by atoms with E-state index >= 15 is 0 Å². The van der Waals surface area contributed by atoms with Crippen LogP contribution in [0.25, 0.3) is 22.4 Å². The highest BCUT2D eigenvalue weighted by Crippen LogP contribution is 2.32. The van der Waals surface area contributed by atoms with Gasteiger partial charge < -0.3 is 14.6 Å². The largest absolute Gasteiger partial charge is 0.469 e. The molecule has 1 fully saturated rings. The maximum absolute atomic E-state index is 11.7. The van der Waals surface area contributed by atoms with Gasteiger partial charge in [-0.15, -0.1) is 0 Å². The molecule has 28 heavy (non-hydrogen) atoms. The normalized spacial score (nSPS) is 13.9. The fraction of sp³-hybridized carbons (Fsp3) is 0.333. The molecule has 4 heterocycles. The van der Waals surface area contributed by atoms with Crippen molar-refractivity contribution in [1.82, 2.24) is 19.9 Å². The standard InChI is InChI=1S/C21H23N5O2/c1-15-17(7-13-28-15)20-18(16-5-9-22-10-6-16)14-24-21(25-20)23-8-3-12-26-11-2-4-19(26)27/h5-7,9-10,13-14H,2-4,8,11-12H2,1H3,(H,23,24,25). The molecular formula is C21H23N5O2. The molecule has 144 valence electrons. The number of hydrogen-bond donors (Lipinski definition) is 1. The monoisotopic (exact) mass is 377 g/mol. The molecule has 0 aromatic carbocycles. The number of anilines is 1. The van der Waals surface area contributed by atoms with Crippen LogP contribution in [0.15, 0.2) is 47.5 Å². The van der Waals surface area contributed by atoms with Crippen LogP contribution in [0.5, 0.6) is 0 Å². The predicted octanol–water partition coefficient (Wildman–Crippen LogP) is 3.53. The second-order valence-corrected chi connectivity index (χ2v) is 6.85. The molecule has 0 spiro atoms. The van der Waals surface area contributed by atoms with E-state index in [-0.39, 0.29) is 5.91 Å². The second-order valence-electron chi connectivity index (χ2n) is 6.85. The van der Waals surface area contributed by atoms with Gasteiger partial charge in [0.2, 0.25) is 11.9 Å². The summed E-state index contributed by atoms with van der Waals surface area (Å²) in [6, 6.07) is 5.81. The quantitative estimate of drug-likeness (QED) is 0.634. The van der Waals surface area contributed by atoms with E-state index in [9.17, 15) is 4.79 Å². The van der Waals surface area contributed by atoms with Crippen LogP contribution < -0.4 is 5.32 Å². The maximum atomic E-state index is 11.7. The molecule has 0 aliphatic carbocycles. The van der Waals surface area contributed by atoms with Gasteiger partial charge in [0.05, 0.1) is 12.0 Å². The van der Waals surface area contributed by atoms with Crippen LogP contribution in [-0.4, -0.2) is 45.4 Å². The van der Waals surface area contributed by atoms with E-state index in [0.29, 0.717) is 18.9 Å². The van der Waals surface area contributed by atoms with Crippen LogP contribution in [0.1, 0.15) is 25.0 Å². The van der Waals surface area contributed by atoms with Crippen molar-refractivity contribution in [1.29, 1.82) is 0 Å². The highest BCUT2D eigenvalue weighted by atomic mass is 16.3. The molecule has 4 rings (SSSR count). The maximum Gasteiger partial charge on any atom is 0.223 e. The molecule has 7 nitrogen and oxygen atoms in total. The molecular weight excluding hydrogens is 354 g/mol. The summed E-state index contributed by atoms with van der Waals surface area (Å²) in [6.07, 6.45) is 9.53. The smallest absolute Gasteiger partial charge is 0.223 e. The van der Waals surface area contributed by atoms with Gasteiger partial charge in [-0.2, -0.15) is 0 Å². The van der Waals surface area contributed by atoms with E-state index in [0.717, 1.165) is 54.1 Å². The number of nitrogens with one attached hydrogen (secondary N) is 1. The summed E-state index contributed by atoms with van der Waals surface area (Å²) in [6.45, 7) is 4.28. The zero-order chi connectivity index (χ0) is 19.3. The summed E-state index contributed by atoms with van der Waals surface area (Å²) in [5.74, 6) is 1.64. The van der Waals surface area contributed by atoms with Crippen molar-refractivity contribution in [2.75, 3.05) is 25.0 Å². The van der Waals surface area contributed by atoms with E-state index in [1.165, 1.54) is 0 Å². The van der Waals surface area contributed by atoms with Crippen LogP contribution in [0.3, 0.4) is 0 Å². The van der Waals surface area contributed by atoms with Crippen molar-refractivity contribution >= 4 is 11.9 Å². The molecule has 1 aliphatic rings. The third-order valence-corrected chi connectivity index (χ3v) is 4.95. The van der Waals surface area contributed by atoms with E-state index in [1.807, 2.05) is 36.2 Å². The Morgan fingerprint density at radius 1 is 1.21 bits per heavy atom. The number of likely N-dealkylation sites (tertiary alicyclic amines) is 1. The van der Waals surface area contributed by atoms with Crippen LogP contribution in [0.2, 0.25) is 0 Å². The summed E-state index contributed by atoms with van der Waals surface area (Å²) < 4.78 is 5.48. The molecule has 1 aliphatic heterocycles. The number of nitrogens with zero attached hydrogens (tertiary/aromatic N) is 4. The van der Waals surface area contributed by atoms with Crippen molar-refractivity contribution in [3.05, 3.63) is 48.8 Å². The van der Waals surface area contributed by atoms with Gasteiger partial charge in [-0.25, -0.2) is 9.97 Å². The van der Waals surface area contributed by atoms with Gasteiger partial charge in [-0.3, -0.25) is 9.78 Å². The molecule has 7 heteroatoms. The molecule has 3 aromatic heterocycles. The Hall–Kier alpha value is -3.22. The fourth-order valence-electron chi connectivity index (χ4n) is 3.46. The van der Waals surface area contributed by atoms with Crippen LogP contribution in [0, 0.1) is 6.92 Å². The lowest BCUT2D eigenvalue weighted by molar-refractivity contribution is -0.127. The van der Waals surface area contributed by atoms with Gasteiger partial charge in [-0.05, 0) is 43.5 Å². The lowest BCUT2D eigenvalue weighted by Crippen LogP contribution is -2.27. The molecule has 0 saturated carbocycles. The van der Waals surface area contributed by atoms with E-state index in [2.05, 4.69) is 15.3 Å². The number of carbonyl (C=O) groups is 1. The summed E-state index contributed by atoms with van der Waals surface area (Å²) in [5, 5.41) is 3.28. The third kappa shape index (κ3) is 3.88. The highest BCUT2D eigenvalue weighted by molar-refractivity contribution is 5.81. The van der Waals surface area contributed by atoms with Crippen LogP contribution in [0.4, 0.5) is 5.95 Å². The van der Waals surface area contributed by atoms with Gasteiger partial charge in [-0.1, -0.05) is 0 Å². The Labute approximate surface area is 163 Å². The van der Waals surface area contributed by atoms with Crippen molar-refractivity contribution in [2.24, 2.45) is 0 Å². The molecule has 0 radical (unpaired) electrons. The van der Waals surface area contributed by atoms with Gasteiger partial charge in [0, 0.05) is 55.8 Å². The molecule has 1 saturated heterocycles. The van der Waals surface area contributed by atoms with Crippen molar-refractivity contribution in [3.8, 4) is 22.4 Å². The van der Waals surface area contributed by atoms with Crippen molar-refractivity contribution < 1.29 is 9.21 Å². The number of aryl methyl sites for hydroxylation is 1. The third-order valence-electron chi connectivity index (χ3n) is 4.95. The molecule has 1 amide bonds. The van der Waals surface area contributed by atoms with Crippen LogP contribution in [-0.2, 0) is 4.79 Å². The van der Waals surface area contributed by atoms with Crippen molar-refractivity contribution in [2.45, 2.75) is 26.2 Å². The first-order valence-corrected chi connectivity index (χ1v) is 9.56. The van der Waals surface area contributed by atoms with E-state index < -0.39 is 0 Å². The predicted molar refractivity (Wildman–Crippen MR) is 107 cm³/mol. The van der Waals surface area contributed by atoms with Gasteiger partial charge >= 0.3 is 0 Å². The molecule has 0 unspecified atom stereocenters. The van der Waals surface area contributed by atoms with Crippen LogP contribution >= 0.6 is 0 Å². The summed E-state index contributed by atoms with van der Waals surface area (Å²) in [4.78, 5) is 26.9. The summed E-state index contributed by atoms with van der Waals surface area (Å²) in [5.41, 5.74) is 3.70. The first-order chi connectivity index (χ1) is 13.7. The first-order valence-electron chi connectivity index (χ1n) is 9.56. The van der Waals surface area contributed by atoms with Gasteiger partial charge in [0.25, 0.3) is 0 Å². The Balaban J connectivity index is 1.51. The summed E-state index contributed by atoms with van der Waals surface area (Å²) >= 11 is 0. The fourth-order valence-corrected chi connectivity index (χ4v) is 3.46. The molecule has 3 aromatic rings. The molecule has 0 bridgehead atoms. The lowest BCUT2D eigenvalue weighted by Gasteiger charge is -2.15. The molecule has 1 N–H and O–H groups in total. The minimum absolute atomic E-state index is 0.260. The Morgan fingerprint density at radius 3 is 2.79 bits per heavy atom. The zero-order valence-electron chi connectivity index (χ0n) is 15.9. The minimum Gasteiger partial charge on any atom is -0.469 e. The number of furan rings is 1. The highest BCUT2D eigenvalue weighted by Gasteiger charge is 2.19. The first kappa shape index (κ1) is 18.2. The Kier molecular flexibility index (Phi) is 5.32. The number of aromatic nitrogens is 3. The number of carbonyl (C=O) groups excluding carboxylic acids is 1. The van der Waals surface area contributed by atoms with E-state index in [1.54, 1.807) is 18.7 Å². The average molecular weight is 377 g/mol. The SMILES string of the molecule is Cc1occc1-c1nc(NCCCN2CCCC2=O)ncc1-c1ccncc1. The van der Waals surface area contributed by atoms with Gasteiger partial charge in [0.1, 0.15) is 5.76 Å².